The van der Waals surface area contributed by atoms with E-state index < -0.39 is 11.7 Å². The summed E-state index contributed by atoms with van der Waals surface area (Å²) in [6, 6.07) is 6.75. The fraction of sp³-hybridized carbons (Fsp3) is 0.667. The lowest BCUT2D eigenvalue weighted by Gasteiger charge is -2.42. The van der Waals surface area contributed by atoms with Crippen LogP contribution in [0.25, 0.3) is 0 Å². The molecule has 1 aromatic rings. The van der Waals surface area contributed by atoms with E-state index in [0.717, 1.165) is 48.1 Å². The number of piperazine rings is 1. The largest absolute Gasteiger partial charge is 0.444 e. The number of hydrogen-bond donors (Lipinski definition) is 1. The lowest BCUT2D eigenvalue weighted by atomic mass is 9.94. The summed E-state index contributed by atoms with van der Waals surface area (Å²) in [5.41, 5.74) is 1.35. The Morgan fingerprint density at radius 2 is 1.78 bits per heavy atom. The third-order valence-electron chi connectivity index (χ3n) is 5.34. The van der Waals surface area contributed by atoms with Gasteiger partial charge in [-0.3, -0.25) is 10.2 Å². The van der Waals surface area contributed by atoms with E-state index in [4.69, 9.17) is 4.74 Å². The Bertz CT molecular complexity index is 645. The van der Waals surface area contributed by atoms with Crippen molar-refractivity contribution in [2.24, 2.45) is 0 Å². The van der Waals surface area contributed by atoms with E-state index in [0.29, 0.717) is 0 Å². The predicted octanol–water partition coefficient (Wildman–Crippen LogP) is 5.25. The van der Waals surface area contributed by atoms with E-state index in [2.05, 4.69) is 37.1 Å². The Labute approximate surface area is 171 Å². The van der Waals surface area contributed by atoms with Crippen molar-refractivity contribution in [3.8, 4) is 0 Å². The number of benzene rings is 1. The number of amides is 1. The molecule has 1 aliphatic carbocycles. The van der Waals surface area contributed by atoms with Crippen molar-refractivity contribution in [1.29, 1.82) is 0 Å². The Hall–Kier alpha value is -1.27. The van der Waals surface area contributed by atoms with Crippen molar-refractivity contribution in [3.05, 3.63) is 22.7 Å². The number of ether oxygens (including phenoxy) is 1. The van der Waals surface area contributed by atoms with Gasteiger partial charge >= 0.3 is 6.09 Å². The van der Waals surface area contributed by atoms with Crippen LogP contribution in [0.3, 0.4) is 0 Å². The molecule has 2 aliphatic rings. The molecule has 3 rings (SSSR count). The summed E-state index contributed by atoms with van der Waals surface area (Å²) in [6.45, 7) is 9.76. The molecule has 0 radical (unpaired) electrons. The van der Waals surface area contributed by atoms with Crippen LogP contribution < -0.4 is 10.2 Å². The molecule has 1 saturated heterocycles. The average Bonchev–Trinajstić information content (AvgIpc) is 2.62. The first-order valence-corrected chi connectivity index (χ1v) is 10.9. The number of halogens is 1. The van der Waals surface area contributed by atoms with Crippen LogP contribution in [-0.2, 0) is 4.74 Å². The normalized spacial score (nSPS) is 19.8. The van der Waals surface area contributed by atoms with Gasteiger partial charge in [0.05, 0.1) is 11.4 Å². The zero-order chi connectivity index (χ0) is 19.4. The number of nitrogens with zero attached hydrogens (tertiary/aromatic N) is 2. The topological polar surface area (TPSA) is 44.8 Å². The number of rotatable bonds is 3. The number of anilines is 2. The minimum atomic E-state index is -0.509. The highest BCUT2D eigenvalue weighted by atomic mass is 79.9. The minimum absolute atomic E-state index is 0.410. The smallest absolute Gasteiger partial charge is 0.412 e. The van der Waals surface area contributed by atoms with Gasteiger partial charge in [0.25, 0.3) is 0 Å². The molecule has 1 aliphatic heterocycles. The number of hydrogen-bond acceptors (Lipinski definition) is 4. The van der Waals surface area contributed by atoms with Gasteiger partial charge < -0.3 is 9.64 Å². The van der Waals surface area contributed by atoms with Crippen LogP contribution in [0.1, 0.15) is 52.9 Å². The molecule has 150 valence electrons. The molecule has 0 bridgehead atoms. The summed E-state index contributed by atoms with van der Waals surface area (Å²) in [4.78, 5) is 17.3. The Morgan fingerprint density at radius 3 is 2.41 bits per heavy atom. The highest BCUT2D eigenvalue weighted by molar-refractivity contribution is 9.10. The number of carbonyl (C=O) groups excluding carboxylic acids is 1. The molecule has 5 nitrogen and oxygen atoms in total. The predicted molar refractivity (Wildman–Crippen MR) is 115 cm³/mol. The van der Waals surface area contributed by atoms with Crippen molar-refractivity contribution >= 4 is 33.4 Å². The van der Waals surface area contributed by atoms with E-state index in [1.807, 2.05) is 32.9 Å². The van der Waals surface area contributed by atoms with Crippen LogP contribution in [0.5, 0.6) is 0 Å². The summed E-state index contributed by atoms with van der Waals surface area (Å²) in [5.74, 6) is 0. The van der Waals surface area contributed by atoms with Crippen LogP contribution in [-0.4, -0.2) is 48.8 Å². The molecule has 2 fully saturated rings. The van der Waals surface area contributed by atoms with Gasteiger partial charge in [-0.25, -0.2) is 4.79 Å². The van der Waals surface area contributed by atoms with Crippen LogP contribution >= 0.6 is 15.9 Å². The minimum Gasteiger partial charge on any atom is -0.444 e. The number of carbonyl (C=O) groups is 1. The third kappa shape index (κ3) is 5.85. The first-order chi connectivity index (χ1) is 12.8. The second kappa shape index (κ2) is 8.82. The maximum Gasteiger partial charge on any atom is 0.412 e. The number of nitrogens with one attached hydrogen (secondary N) is 1. The second-order valence-electron chi connectivity index (χ2n) is 8.60. The van der Waals surface area contributed by atoms with Gasteiger partial charge in [0.15, 0.2) is 0 Å². The average molecular weight is 438 g/mol. The van der Waals surface area contributed by atoms with Gasteiger partial charge in [-0.05, 0) is 51.8 Å². The zero-order valence-corrected chi connectivity index (χ0v) is 18.3. The van der Waals surface area contributed by atoms with E-state index in [-0.39, 0.29) is 0 Å². The molecule has 27 heavy (non-hydrogen) atoms. The fourth-order valence-corrected chi connectivity index (χ4v) is 4.41. The Morgan fingerprint density at radius 1 is 1.11 bits per heavy atom. The molecule has 0 spiro atoms. The molecule has 0 aromatic heterocycles. The van der Waals surface area contributed by atoms with Gasteiger partial charge in [-0.1, -0.05) is 35.2 Å². The maximum absolute atomic E-state index is 12.2. The van der Waals surface area contributed by atoms with Gasteiger partial charge in [-0.2, -0.15) is 0 Å². The van der Waals surface area contributed by atoms with E-state index in [9.17, 15) is 4.79 Å². The van der Waals surface area contributed by atoms with Crippen LogP contribution in [0.2, 0.25) is 0 Å². The molecule has 6 heteroatoms. The Balaban J connectivity index is 1.65. The van der Waals surface area contributed by atoms with Crippen LogP contribution in [0, 0.1) is 0 Å². The van der Waals surface area contributed by atoms with Crippen molar-refractivity contribution in [1.82, 2.24) is 4.90 Å². The quantitative estimate of drug-likeness (QED) is 0.700. The van der Waals surface area contributed by atoms with Crippen molar-refractivity contribution in [2.45, 2.75) is 64.5 Å². The van der Waals surface area contributed by atoms with E-state index in [1.54, 1.807) is 0 Å². The molecule has 1 heterocycles. The molecule has 1 amide bonds. The first kappa shape index (κ1) is 20.5. The maximum atomic E-state index is 12.2. The molecular formula is C21H32BrN3O2. The highest BCUT2D eigenvalue weighted by Crippen LogP contribution is 2.32. The van der Waals surface area contributed by atoms with Gasteiger partial charge in [0.2, 0.25) is 0 Å². The standard InChI is InChI=1S/C21H32BrN3O2/c1-21(2,3)27-20(26)23-18-10-9-16(22)15-19(18)25-13-11-24(12-14-25)17-7-5-4-6-8-17/h9-10,15,17H,4-8,11-14H2,1-3H3,(H,23,26). The van der Waals surface area contributed by atoms with E-state index in [1.165, 1.54) is 32.1 Å². The zero-order valence-electron chi connectivity index (χ0n) is 16.8. The lowest BCUT2D eigenvalue weighted by molar-refractivity contribution is 0.0636. The fourth-order valence-electron chi connectivity index (χ4n) is 4.06. The van der Waals surface area contributed by atoms with Gasteiger partial charge in [-0.15, -0.1) is 0 Å². The molecule has 1 aromatic carbocycles. The molecule has 1 N–H and O–H groups in total. The summed E-state index contributed by atoms with van der Waals surface area (Å²) < 4.78 is 6.44. The highest BCUT2D eigenvalue weighted by Gasteiger charge is 2.26. The van der Waals surface area contributed by atoms with Crippen LogP contribution in [0.4, 0.5) is 16.2 Å². The molecule has 0 unspecified atom stereocenters. The molecular weight excluding hydrogens is 406 g/mol. The monoisotopic (exact) mass is 437 g/mol. The van der Waals surface area contributed by atoms with Crippen molar-refractivity contribution in [2.75, 3.05) is 36.4 Å². The van der Waals surface area contributed by atoms with Crippen molar-refractivity contribution < 1.29 is 9.53 Å². The first-order valence-electron chi connectivity index (χ1n) is 10.1. The molecule has 1 saturated carbocycles. The van der Waals surface area contributed by atoms with Gasteiger partial charge in [0, 0.05) is 36.7 Å². The van der Waals surface area contributed by atoms with Gasteiger partial charge in [0.1, 0.15) is 5.60 Å². The SMILES string of the molecule is CC(C)(C)OC(=O)Nc1ccc(Br)cc1N1CCN(C2CCCCC2)CC1. The summed E-state index contributed by atoms with van der Waals surface area (Å²) in [5, 5.41) is 2.93. The third-order valence-corrected chi connectivity index (χ3v) is 5.83. The lowest BCUT2D eigenvalue weighted by Crippen LogP contribution is -2.51. The molecule has 0 atom stereocenters. The summed E-state index contributed by atoms with van der Waals surface area (Å²) in [7, 11) is 0. The van der Waals surface area contributed by atoms with Crippen molar-refractivity contribution in [3.63, 3.8) is 0 Å². The second-order valence-corrected chi connectivity index (χ2v) is 9.52. The summed E-state index contributed by atoms with van der Waals surface area (Å²) in [6.07, 6.45) is 6.44. The van der Waals surface area contributed by atoms with E-state index >= 15 is 0 Å². The Kier molecular flexibility index (Phi) is 6.69. The summed E-state index contributed by atoms with van der Waals surface area (Å²) >= 11 is 3.57. The van der Waals surface area contributed by atoms with Crippen LogP contribution in [0.15, 0.2) is 22.7 Å².